The van der Waals surface area contributed by atoms with Gasteiger partial charge in [-0.15, -0.1) is 6.58 Å². The van der Waals surface area contributed by atoms with E-state index in [-0.39, 0.29) is 30.3 Å². The minimum absolute atomic E-state index is 0.132. The first-order valence-corrected chi connectivity index (χ1v) is 9.09. The van der Waals surface area contributed by atoms with E-state index in [2.05, 4.69) is 16.9 Å². The maximum Gasteiger partial charge on any atom is 0.251 e. The van der Waals surface area contributed by atoms with Gasteiger partial charge in [0, 0.05) is 18.2 Å². The van der Waals surface area contributed by atoms with Crippen LogP contribution in [0.3, 0.4) is 0 Å². The average molecular weight is 395 g/mol. The summed E-state index contributed by atoms with van der Waals surface area (Å²) >= 11 is 5.33. The Bertz CT molecular complexity index is 962. The van der Waals surface area contributed by atoms with E-state index < -0.39 is 5.92 Å². The van der Waals surface area contributed by atoms with E-state index in [9.17, 15) is 9.59 Å². The van der Waals surface area contributed by atoms with Crippen LogP contribution in [0.4, 0.5) is 0 Å². The topological polar surface area (TPSA) is 80.2 Å². The summed E-state index contributed by atoms with van der Waals surface area (Å²) in [6, 6.07) is 7.01. The van der Waals surface area contributed by atoms with E-state index in [0.717, 1.165) is 5.56 Å². The number of nitrogens with one attached hydrogen (secondary N) is 1. The van der Waals surface area contributed by atoms with Crippen LogP contribution in [0.2, 0.25) is 0 Å². The molecule has 1 aromatic carbocycles. The average Bonchev–Trinajstić information content (AvgIpc) is 3.16. The SMILES string of the molecule is C=CCNC(=O)c1ccc(CN2C(=O)C3C=C4OCOC4=CC3=NC2=S)cc1. The van der Waals surface area contributed by atoms with Gasteiger partial charge in [0.15, 0.2) is 11.5 Å². The Hall–Kier alpha value is -3.26. The van der Waals surface area contributed by atoms with Gasteiger partial charge in [-0.1, -0.05) is 18.2 Å². The number of ether oxygens (including phenoxy) is 2. The third-order valence-electron chi connectivity index (χ3n) is 4.54. The van der Waals surface area contributed by atoms with Gasteiger partial charge in [0.25, 0.3) is 5.91 Å². The highest BCUT2D eigenvalue weighted by Crippen LogP contribution is 2.31. The number of thiocarbonyl (C=S) groups is 1. The molecule has 28 heavy (non-hydrogen) atoms. The summed E-state index contributed by atoms with van der Waals surface area (Å²) in [6.07, 6.45) is 5.03. The molecule has 1 fully saturated rings. The molecule has 3 aliphatic rings. The van der Waals surface area contributed by atoms with Crippen LogP contribution in [-0.4, -0.2) is 40.9 Å². The van der Waals surface area contributed by atoms with Crippen molar-refractivity contribution >= 4 is 34.9 Å². The Morgan fingerprint density at radius 1 is 1.32 bits per heavy atom. The summed E-state index contributed by atoms with van der Waals surface area (Å²) in [6.45, 7) is 4.38. The van der Waals surface area contributed by atoms with Crippen LogP contribution in [0, 0.1) is 5.92 Å². The molecule has 0 spiro atoms. The number of allylic oxidation sites excluding steroid dienone is 1. The van der Waals surface area contributed by atoms with Gasteiger partial charge in [0.2, 0.25) is 17.8 Å². The molecule has 1 aliphatic carbocycles. The molecule has 7 nitrogen and oxygen atoms in total. The number of hydrogen-bond acceptors (Lipinski definition) is 5. The van der Waals surface area contributed by atoms with Gasteiger partial charge in [0.1, 0.15) is 5.92 Å². The molecule has 1 unspecified atom stereocenters. The maximum absolute atomic E-state index is 13.0. The Morgan fingerprint density at radius 2 is 2.07 bits per heavy atom. The van der Waals surface area contributed by atoms with Crippen LogP contribution in [-0.2, 0) is 20.8 Å². The minimum Gasteiger partial charge on any atom is -0.454 e. The van der Waals surface area contributed by atoms with Crippen molar-refractivity contribution < 1.29 is 19.1 Å². The minimum atomic E-state index is -0.545. The first-order chi connectivity index (χ1) is 13.6. The van der Waals surface area contributed by atoms with Crippen LogP contribution in [0.25, 0.3) is 0 Å². The number of carbonyl (C=O) groups excluding carboxylic acids is 2. The normalized spacial score (nSPS) is 20.1. The highest BCUT2D eigenvalue weighted by molar-refractivity contribution is 7.80. The third kappa shape index (κ3) is 3.34. The second kappa shape index (κ2) is 7.40. The molecule has 2 amide bonds. The summed E-state index contributed by atoms with van der Waals surface area (Å²) in [5.41, 5.74) is 1.94. The Morgan fingerprint density at radius 3 is 2.82 bits per heavy atom. The molecule has 2 heterocycles. The largest absolute Gasteiger partial charge is 0.454 e. The van der Waals surface area contributed by atoms with E-state index in [1.807, 2.05) is 0 Å². The highest BCUT2D eigenvalue weighted by Gasteiger charge is 2.38. The van der Waals surface area contributed by atoms with Gasteiger partial charge in [-0.2, -0.15) is 0 Å². The Balaban J connectivity index is 1.50. The van der Waals surface area contributed by atoms with Crippen LogP contribution in [0.5, 0.6) is 0 Å². The molecule has 1 saturated heterocycles. The van der Waals surface area contributed by atoms with Crippen molar-refractivity contribution in [2.24, 2.45) is 10.9 Å². The first kappa shape index (κ1) is 18.1. The molecule has 4 rings (SSSR count). The van der Waals surface area contributed by atoms with Gasteiger partial charge in [-0.25, -0.2) is 4.99 Å². The van der Waals surface area contributed by atoms with E-state index >= 15 is 0 Å². The molecule has 1 atom stereocenters. The summed E-state index contributed by atoms with van der Waals surface area (Å²) in [5, 5.41) is 2.92. The molecule has 2 aliphatic heterocycles. The molecule has 0 aromatic heterocycles. The lowest BCUT2D eigenvalue weighted by Crippen LogP contribution is -2.45. The molecule has 0 bridgehead atoms. The number of rotatable bonds is 5. The summed E-state index contributed by atoms with van der Waals surface area (Å²) in [4.78, 5) is 30.8. The fourth-order valence-electron chi connectivity index (χ4n) is 3.09. The number of fused-ring (bicyclic) bond motifs is 2. The number of amides is 2. The van der Waals surface area contributed by atoms with Crippen molar-refractivity contribution in [3.8, 4) is 0 Å². The van der Waals surface area contributed by atoms with Crippen molar-refractivity contribution in [1.29, 1.82) is 0 Å². The Labute approximate surface area is 167 Å². The van der Waals surface area contributed by atoms with Crippen LogP contribution in [0.1, 0.15) is 15.9 Å². The quantitative estimate of drug-likeness (QED) is 0.610. The predicted octanol–water partition coefficient (Wildman–Crippen LogP) is 2.07. The zero-order valence-electron chi connectivity index (χ0n) is 14.9. The van der Waals surface area contributed by atoms with Gasteiger partial charge < -0.3 is 14.8 Å². The fourth-order valence-corrected chi connectivity index (χ4v) is 3.35. The summed E-state index contributed by atoms with van der Waals surface area (Å²) in [7, 11) is 0. The number of hydrogen-bond donors (Lipinski definition) is 1. The molecule has 1 N–H and O–H groups in total. The number of aliphatic imine (C=N–C) groups is 1. The molecule has 142 valence electrons. The third-order valence-corrected chi connectivity index (χ3v) is 4.85. The van der Waals surface area contributed by atoms with Crippen molar-refractivity contribution in [1.82, 2.24) is 10.2 Å². The van der Waals surface area contributed by atoms with E-state index in [1.54, 1.807) is 42.5 Å². The number of benzene rings is 1. The fraction of sp³-hybridized carbons (Fsp3) is 0.200. The zero-order valence-corrected chi connectivity index (χ0v) is 15.7. The second-order valence-corrected chi connectivity index (χ2v) is 6.73. The molecule has 8 heteroatoms. The lowest BCUT2D eigenvalue weighted by atomic mass is 9.93. The van der Waals surface area contributed by atoms with Crippen molar-refractivity contribution in [3.05, 3.63) is 71.7 Å². The van der Waals surface area contributed by atoms with Crippen molar-refractivity contribution in [3.63, 3.8) is 0 Å². The van der Waals surface area contributed by atoms with E-state index in [1.165, 1.54) is 4.90 Å². The Kier molecular flexibility index (Phi) is 4.79. The standard InChI is InChI=1S/C20H17N3O4S/c1-2-7-21-18(24)13-5-3-12(4-6-13)10-23-19(25)14-8-16-17(27-11-26-16)9-15(14)22-20(23)28/h2-6,8-9,14H,1,7,10-11H2,(H,21,24). The van der Waals surface area contributed by atoms with Gasteiger partial charge in [-0.3, -0.25) is 14.5 Å². The van der Waals surface area contributed by atoms with Gasteiger partial charge >= 0.3 is 0 Å². The number of carbonyl (C=O) groups is 2. The molecule has 0 radical (unpaired) electrons. The lowest BCUT2D eigenvalue weighted by molar-refractivity contribution is -0.129. The zero-order chi connectivity index (χ0) is 19.7. The monoisotopic (exact) mass is 395 g/mol. The van der Waals surface area contributed by atoms with Crippen LogP contribution < -0.4 is 5.32 Å². The first-order valence-electron chi connectivity index (χ1n) is 8.68. The van der Waals surface area contributed by atoms with Crippen LogP contribution in [0.15, 0.2) is 65.6 Å². The molecular formula is C20H17N3O4S. The predicted molar refractivity (Wildman–Crippen MR) is 106 cm³/mol. The second-order valence-electron chi connectivity index (χ2n) is 6.36. The summed E-state index contributed by atoms with van der Waals surface area (Å²) < 4.78 is 10.7. The lowest BCUT2D eigenvalue weighted by Gasteiger charge is -2.30. The van der Waals surface area contributed by atoms with E-state index in [0.29, 0.717) is 29.3 Å². The van der Waals surface area contributed by atoms with Crippen LogP contribution >= 0.6 is 12.2 Å². The molecular weight excluding hydrogens is 378 g/mol. The molecule has 1 aromatic rings. The number of nitrogens with zero attached hydrogens (tertiary/aromatic N) is 2. The van der Waals surface area contributed by atoms with Crippen molar-refractivity contribution in [2.75, 3.05) is 13.3 Å². The van der Waals surface area contributed by atoms with Crippen molar-refractivity contribution in [2.45, 2.75) is 6.54 Å². The summed E-state index contributed by atoms with van der Waals surface area (Å²) in [5.74, 6) is 0.238. The highest BCUT2D eigenvalue weighted by atomic mass is 32.1. The van der Waals surface area contributed by atoms with Gasteiger partial charge in [0.05, 0.1) is 12.3 Å². The maximum atomic E-state index is 13.0. The molecule has 0 saturated carbocycles. The van der Waals surface area contributed by atoms with Gasteiger partial charge in [-0.05, 0) is 36.0 Å². The van der Waals surface area contributed by atoms with E-state index in [4.69, 9.17) is 21.7 Å². The smallest absolute Gasteiger partial charge is 0.251 e.